The van der Waals surface area contributed by atoms with E-state index in [1.807, 2.05) is 0 Å². The van der Waals surface area contributed by atoms with Crippen molar-refractivity contribution in [2.45, 2.75) is 18.8 Å². The number of piperidine rings is 1. The van der Waals surface area contributed by atoms with Gasteiger partial charge in [-0.3, -0.25) is 4.79 Å². The summed E-state index contributed by atoms with van der Waals surface area (Å²) in [5, 5.41) is 0. The quantitative estimate of drug-likeness (QED) is 0.799. The van der Waals surface area contributed by atoms with Crippen LogP contribution in [0.15, 0.2) is 22.8 Å². The van der Waals surface area contributed by atoms with Gasteiger partial charge in [-0.25, -0.2) is 13.8 Å². The molecule has 1 saturated heterocycles. The third-order valence-corrected chi connectivity index (χ3v) is 3.20. The Bertz CT molecular complexity index is 412. The Kier molecular flexibility index (Phi) is 3.42. The van der Waals surface area contributed by atoms with Crippen LogP contribution >= 0.6 is 15.9 Å². The van der Waals surface area contributed by atoms with E-state index >= 15 is 0 Å². The lowest BCUT2D eigenvalue weighted by atomic mass is 10.1. The first kappa shape index (κ1) is 12.4. The third kappa shape index (κ3) is 3.00. The second-order valence-electron chi connectivity index (χ2n) is 4.01. The molecule has 0 unspecified atom stereocenters. The molecular weight excluding hydrogens is 294 g/mol. The van der Waals surface area contributed by atoms with Crippen molar-refractivity contribution >= 4 is 21.8 Å². The molecular formula is C11H11BrF2N2O. The van der Waals surface area contributed by atoms with Gasteiger partial charge in [0.05, 0.1) is 0 Å². The third-order valence-electron chi connectivity index (χ3n) is 2.73. The maximum Gasteiger partial charge on any atom is 0.272 e. The zero-order valence-electron chi connectivity index (χ0n) is 9.00. The fourth-order valence-corrected chi connectivity index (χ4v) is 1.94. The van der Waals surface area contributed by atoms with E-state index in [1.165, 1.54) is 11.1 Å². The van der Waals surface area contributed by atoms with Gasteiger partial charge in [0.25, 0.3) is 11.8 Å². The van der Waals surface area contributed by atoms with Gasteiger partial charge in [0.15, 0.2) is 0 Å². The van der Waals surface area contributed by atoms with E-state index in [4.69, 9.17) is 0 Å². The monoisotopic (exact) mass is 304 g/mol. The van der Waals surface area contributed by atoms with Gasteiger partial charge in [0.2, 0.25) is 0 Å². The number of rotatable bonds is 1. The number of hydrogen-bond donors (Lipinski definition) is 0. The summed E-state index contributed by atoms with van der Waals surface area (Å²) in [6.45, 7) is 0.174. The van der Waals surface area contributed by atoms with Crippen LogP contribution in [0.4, 0.5) is 8.78 Å². The van der Waals surface area contributed by atoms with Crippen molar-refractivity contribution in [2.75, 3.05) is 13.1 Å². The number of carbonyl (C=O) groups excluding carboxylic acids is 1. The van der Waals surface area contributed by atoms with Crippen molar-refractivity contribution in [3.05, 3.63) is 28.5 Å². The Morgan fingerprint density at radius 3 is 2.53 bits per heavy atom. The van der Waals surface area contributed by atoms with Crippen LogP contribution in [0.25, 0.3) is 0 Å². The highest BCUT2D eigenvalue weighted by molar-refractivity contribution is 9.10. The summed E-state index contributed by atoms with van der Waals surface area (Å²) in [6.07, 6.45) is 0.982. The molecule has 0 N–H and O–H groups in total. The Morgan fingerprint density at radius 1 is 1.35 bits per heavy atom. The lowest BCUT2D eigenvalue weighted by molar-refractivity contribution is -0.0495. The molecule has 17 heavy (non-hydrogen) atoms. The van der Waals surface area contributed by atoms with Crippen LogP contribution in [0, 0.1) is 0 Å². The Morgan fingerprint density at radius 2 is 2.00 bits per heavy atom. The van der Waals surface area contributed by atoms with E-state index in [0.717, 1.165) is 4.47 Å². The van der Waals surface area contributed by atoms with Gasteiger partial charge in [0, 0.05) is 36.6 Å². The minimum atomic E-state index is -2.63. The highest BCUT2D eigenvalue weighted by atomic mass is 79.9. The van der Waals surface area contributed by atoms with Crippen LogP contribution in [-0.2, 0) is 0 Å². The number of carbonyl (C=O) groups is 1. The van der Waals surface area contributed by atoms with Gasteiger partial charge in [-0.15, -0.1) is 0 Å². The minimum absolute atomic E-state index is 0.0869. The standard InChI is InChI=1S/C11H11BrF2N2O/c12-8-1-2-9(15-7-8)10(17)16-5-3-11(13,14)4-6-16/h1-2,7H,3-6H2. The molecule has 0 saturated carbocycles. The van der Waals surface area contributed by atoms with Crippen molar-refractivity contribution in [3.63, 3.8) is 0 Å². The molecule has 0 aromatic carbocycles. The Hall–Kier alpha value is -1.04. The van der Waals surface area contributed by atoms with Crippen LogP contribution in [0.5, 0.6) is 0 Å². The van der Waals surface area contributed by atoms with Crippen molar-refractivity contribution in [1.29, 1.82) is 0 Å². The average Bonchev–Trinajstić information content (AvgIpc) is 2.29. The molecule has 1 aromatic heterocycles. The number of pyridine rings is 1. The van der Waals surface area contributed by atoms with Crippen LogP contribution in [0.2, 0.25) is 0 Å². The molecule has 92 valence electrons. The molecule has 1 fully saturated rings. The van der Waals surface area contributed by atoms with Crippen molar-refractivity contribution < 1.29 is 13.6 Å². The summed E-state index contributed by atoms with van der Waals surface area (Å²) >= 11 is 3.22. The number of amides is 1. The SMILES string of the molecule is O=C(c1ccc(Br)cn1)N1CCC(F)(F)CC1. The molecule has 0 aliphatic carbocycles. The summed E-state index contributed by atoms with van der Waals surface area (Å²) in [7, 11) is 0. The Balaban J connectivity index is 2.04. The fourth-order valence-electron chi connectivity index (χ4n) is 1.70. The fraction of sp³-hybridized carbons (Fsp3) is 0.455. The normalized spacial score (nSPS) is 19.1. The summed E-state index contributed by atoms with van der Waals surface area (Å²) in [5.74, 6) is -2.92. The van der Waals surface area contributed by atoms with Gasteiger partial charge >= 0.3 is 0 Å². The van der Waals surface area contributed by atoms with Gasteiger partial charge < -0.3 is 4.90 Å². The number of hydrogen-bond acceptors (Lipinski definition) is 2. The lowest BCUT2D eigenvalue weighted by Crippen LogP contribution is -2.42. The van der Waals surface area contributed by atoms with Gasteiger partial charge in [0.1, 0.15) is 5.69 Å². The zero-order chi connectivity index (χ0) is 12.5. The molecule has 2 rings (SSSR count). The molecule has 0 spiro atoms. The summed E-state index contributed by atoms with van der Waals surface area (Å²) in [5.41, 5.74) is 0.290. The van der Waals surface area contributed by atoms with Crippen molar-refractivity contribution in [1.82, 2.24) is 9.88 Å². The van der Waals surface area contributed by atoms with Crippen LogP contribution in [-0.4, -0.2) is 34.8 Å². The smallest absolute Gasteiger partial charge is 0.272 e. The summed E-state index contributed by atoms with van der Waals surface area (Å²) in [4.78, 5) is 17.3. The first-order valence-corrected chi connectivity index (χ1v) is 6.06. The van der Waals surface area contributed by atoms with Crippen molar-refractivity contribution in [3.8, 4) is 0 Å². The number of nitrogens with zero attached hydrogens (tertiary/aromatic N) is 2. The molecule has 1 aliphatic rings. The summed E-state index contributed by atoms with van der Waals surface area (Å²) in [6, 6.07) is 3.29. The molecule has 1 aromatic rings. The molecule has 6 heteroatoms. The van der Waals surface area contributed by atoms with E-state index in [-0.39, 0.29) is 31.8 Å². The van der Waals surface area contributed by atoms with Crippen LogP contribution in [0.1, 0.15) is 23.3 Å². The number of halogens is 3. The van der Waals surface area contributed by atoms with Crippen LogP contribution < -0.4 is 0 Å². The van der Waals surface area contributed by atoms with E-state index in [1.54, 1.807) is 12.1 Å². The topological polar surface area (TPSA) is 33.2 Å². The van der Waals surface area contributed by atoms with E-state index in [0.29, 0.717) is 5.69 Å². The molecule has 2 heterocycles. The lowest BCUT2D eigenvalue weighted by Gasteiger charge is -2.31. The summed E-state index contributed by atoms with van der Waals surface area (Å²) < 4.78 is 26.7. The molecule has 0 radical (unpaired) electrons. The molecule has 0 bridgehead atoms. The molecule has 1 amide bonds. The van der Waals surface area contributed by atoms with E-state index in [9.17, 15) is 13.6 Å². The van der Waals surface area contributed by atoms with Gasteiger partial charge in [-0.2, -0.15) is 0 Å². The number of alkyl halides is 2. The first-order valence-electron chi connectivity index (χ1n) is 5.27. The second kappa shape index (κ2) is 4.68. The van der Waals surface area contributed by atoms with Crippen molar-refractivity contribution in [2.24, 2.45) is 0 Å². The number of aromatic nitrogens is 1. The van der Waals surface area contributed by atoms with E-state index < -0.39 is 5.92 Å². The maximum atomic E-state index is 12.9. The average molecular weight is 305 g/mol. The molecule has 0 atom stereocenters. The zero-order valence-corrected chi connectivity index (χ0v) is 10.6. The van der Waals surface area contributed by atoms with Gasteiger partial charge in [-0.05, 0) is 28.1 Å². The molecule has 3 nitrogen and oxygen atoms in total. The van der Waals surface area contributed by atoms with E-state index in [2.05, 4.69) is 20.9 Å². The highest BCUT2D eigenvalue weighted by Gasteiger charge is 2.35. The van der Waals surface area contributed by atoms with Crippen LogP contribution in [0.3, 0.4) is 0 Å². The maximum absolute atomic E-state index is 12.9. The predicted octanol–water partition coefficient (Wildman–Crippen LogP) is 2.72. The first-order chi connectivity index (χ1) is 7.98. The van der Waals surface area contributed by atoms with Gasteiger partial charge in [-0.1, -0.05) is 0 Å². The number of likely N-dealkylation sites (tertiary alicyclic amines) is 1. The molecule has 1 aliphatic heterocycles. The minimum Gasteiger partial charge on any atom is -0.337 e. The Labute approximate surface area is 106 Å². The highest BCUT2D eigenvalue weighted by Crippen LogP contribution is 2.28. The second-order valence-corrected chi connectivity index (χ2v) is 4.93. The predicted molar refractivity (Wildman–Crippen MR) is 62.0 cm³/mol. The largest absolute Gasteiger partial charge is 0.337 e.